The molecular weight excluding hydrogens is 222 g/mol. The van der Waals surface area contributed by atoms with Crippen molar-refractivity contribution in [3.8, 4) is 0 Å². The third-order valence-corrected chi connectivity index (χ3v) is 4.02. The highest BCUT2D eigenvalue weighted by Crippen LogP contribution is 2.36. The first kappa shape index (κ1) is 13.3. The van der Waals surface area contributed by atoms with Crippen LogP contribution in [0.4, 0.5) is 5.69 Å². The van der Waals surface area contributed by atoms with Crippen molar-refractivity contribution in [1.82, 2.24) is 10.3 Å². The molecule has 3 rings (SSSR count). The second-order valence-electron chi connectivity index (χ2n) is 5.16. The molecule has 2 saturated heterocycles. The smallest absolute Gasteiger partial charge is 0.0397 e. The predicted octanol–water partition coefficient (Wildman–Crippen LogP) is 2.69. The maximum atomic E-state index is 4.09. The van der Waals surface area contributed by atoms with Crippen molar-refractivity contribution in [2.45, 2.75) is 33.1 Å². The van der Waals surface area contributed by atoms with Gasteiger partial charge in [0.25, 0.3) is 0 Å². The lowest BCUT2D eigenvalue weighted by Crippen LogP contribution is -2.44. The SMILES string of the molecule is CC.c1cc(N2CCCC3(CCNC3)C2)ccn1. The summed E-state index contributed by atoms with van der Waals surface area (Å²) in [5.41, 5.74) is 1.88. The zero-order valence-electron chi connectivity index (χ0n) is 11.7. The Labute approximate surface area is 111 Å². The molecule has 2 aliphatic heterocycles. The molecule has 1 aromatic heterocycles. The van der Waals surface area contributed by atoms with E-state index in [1.807, 2.05) is 26.2 Å². The van der Waals surface area contributed by atoms with E-state index in [0.29, 0.717) is 5.41 Å². The van der Waals surface area contributed by atoms with Crippen LogP contribution < -0.4 is 10.2 Å². The number of piperidine rings is 1. The maximum absolute atomic E-state index is 4.09. The molecule has 0 aliphatic carbocycles. The molecule has 1 N–H and O–H groups in total. The lowest BCUT2D eigenvalue weighted by molar-refractivity contribution is 0.261. The lowest BCUT2D eigenvalue weighted by atomic mass is 9.79. The van der Waals surface area contributed by atoms with Crippen molar-refractivity contribution in [1.29, 1.82) is 0 Å². The summed E-state index contributed by atoms with van der Waals surface area (Å²) in [5.74, 6) is 0. The number of pyridine rings is 1. The molecule has 100 valence electrons. The number of rotatable bonds is 1. The normalized spacial score (nSPS) is 26.9. The molecule has 0 bridgehead atoms. The highest BCUT2D eigenvalue weighted by atomic mass is 15.2. The Morgan fingerprint density at radius 1 is 1.22 bits per heavy atom. The largest absolute Gasteiger partial charge is 0.371 e. The fourth-order valence-electron chi connectivity index (χ4n) is 3.13. The molecular formula is C15H25N3. The van der Waals surface area contributed by atoms with Gasteiger partial charge in [-0.1, -0.05) is 13.8 Å². The van der Waals surface area contributed by atoms with Crippen molar-refractivity contribution in [3.05, 3.63) is 24.5 Å². The first-order valence-corrected chi connectivity index (χ1v) is 7.24. The van der Waals surface area contributed by atoms with E-state index in [-0.39, 0.29) is 0 Å². The molecule has 18 heavy (non-hydrogen) atoms. The Morgan fingerprint density at radius 3 is 2.67 bits per heavy atom. The molecule has 1 spiro atoms. The monoisotopic (exact) mass is 247 g/mol. The molecule has 0 saturated carbocycles. The van der Waals surface area contributed by atoms with Gasteiger partial charge in [-0.05, 0) is 37.9 Å². The second kappa shape index (κ2) is 6.19. The van der Waals surface area contributed by atoms with Crippen LogP contribution >= 0.6 is 0 Å². The summed E-state index contributed by atoms with van der Waals surface area (Å²) in [6.07, 6.45) is 7.84. The Kier molecular flexibility index (Phi) is 4.59. The van der Waals surface area contributed by atoms with Crippen LogP contribution in [0.3, 0.4) is 0 Å². The van der Waals surface area contributed by atoms with E-state index in [0.717, 1.165) is 0 Å². The lowest BCUT2D eigenvalue weighted by Gasteiger charge is -2.41. The summed E-state index contributed by atoms with van der Waals surface area (Å²) >= 11 is 0. The van der Waals surface area contributed by atoms with Gasteiger partial charge in [0.15, 0.2) is 0 Å². The molecule has 3 nitrogen and oxygen atoms in total. The van der Waals surface area contributed by atoms with Gasteiger partial charge in [0.05, 0.1) is 0 Å². The topological polar surface area (TPSA) is 28.2 Å². The van der Waals surface area contributed by atoms with E-state index in [1.165, 1.54) is 51.1 Å². The molecule has 1 aromatic rings. The summed E-state index contributed by atoms with van der Waals surface area (Å²) in [6.45, 7) is 8.81. The molecule has 3 heterocycles. The minimum absolute atomic E-state index is 0.543. The summed E-state index contributed by atoms with van der Waals surface area (Å²) in [7, 11) is 0. The van der Waals surface area contributed by atoms with E-state index >= 15 is 0 Å². The van der Waals surface area contributed by atoms with Crippen molar-refractivity contribution in [2.24, 2.45) is 5.41 Å². The van der Waals surface area contributed by atoms with Gasteiger partial charge in [0.2, 0.25) is 0 Å². The van der Waals surface area contributed by atoms with Gasteiger partial charge in [-0.25, -0.2) is 0 Å². The number of hydrogen-bond acceptors (Lipinski definition) is 3. The Morgan fingerprint density at radius 2 is 2.00 bits per heavy atom. The van der Waals surface area contributed by atoms with E-state index in [9.17, 15) is 0 Å². The zero-order chi connectivity index (χ0) is 12.8. The van der Waals surface area contributed by atoms with Gasteiger partial charge >= 0.3 is 0 Å². The molecule has 2 fully saturated rings. The van der Waals surface area contributed by atoms with Crippen LogP contribution in [0.1, 0.15) is 33.1 Å². The second-order valence-corrected chi connectivity index (χ2v) is 5.16. The standard InChI is InChI=1S/C13H19N3.C2H6/c1-4-13(5-8-15-10-13)11-16(9-1)12-2-6-14-7-3-12;1-2/h2-3,6-7,15H,1,4-5,8-11H2;1-2H3. The minimum Gasteiger partial charge on any atom is -0.371 e. The number of nitrogens with zero attached hydrogens (tertiary/aromatic N) is 2. The fourth-order valence-corrected chi connectivity index (χ4v) is 3.13. The first-order chi connectivity index (χ1) is 8.88. The van der Waals surface area contributed by atoms with E-state index in [2.05, 4.69) is 27.3 Å². The average Bonchev–Trinajstić information content (AvgIpc) is 2.90. The van der Waals surface area contributed by atoms with Gasteiger partial charge in [-0.3, -0.25) is 4.98 Å². The van der Waals surface area contributed by atoms with Crippen LogP contribution in [0.15, 0.2) is 24.5 Å². The molecule has 0 amide bonds. The third kappa shape index (κ3) is 2.83. The van der Waals surface area contributed by atoms with Crippen LogP contribution in [0.2, 0.25) is 0 Å². The molecule has 1 atom stereocenters. The molecule has 1 unspecified atom stereocenters. The van der Waals surface area contributed by atoms with Gasteiger partial charge in [0, 0.05) is 43.1 Å². The van der Waals surface area contributed by atoms with Crippen molar-refractivity contribution in [3.63, 3.8) is 0 Å². The Hall–Kier alpha value is -1.09. The molecule has 3 heteroatoms. The van der Waals surface area contributed by atoms with E-state index < -0.39 is 0 Å². The van der Waals surface area contributed by atoms with Gasteiger partial charge in [-0.2, -0.15) is 0 Å². The van der Waals surface area contributed by atoms with Crippen molar-refractivity contribution >= 4 is 5.69 Å². The van der Waals surface area contributed by atoms with Crippen LogP contribution in [0.25, 0.3) is 0 Å². The predicted molar refractivity (Wildman–Crippen MR) is 77.0 cm³/mol. The van der Waals surface area contributed by atoms with Crippen LogP contribution in [-0.4, -0.2) is 31.2 Å². The first-order valence-electron chi connectivity index (χ1n) is 7.24. The molecule has 2 aliphatic rings. The minimum atomic E-state index is 0.543. The highest BCUT2D eigenvalue weighted by molar-refractivity contribution is 5.45. The number of nitrogens with one attached hydrogen (secondary N) is 1. The Balaban J connectivity index is 0.000000574. The molecule has 0 radical (unpaired) electrons. The quantitative estimate of drug-likeness (QED) is 0.827. The Bertz CT molecular complexity index is 344. The van der Waals surface area contributed by atoms with Gasteiger partial charge in [-0.15, -0.1) is 0 Å². The zero-order valence-corrected chi connectivity index (χ0v) is 11.7. The summed E-state index contributed by atoms with van der Waals surface area (Å²) in [5, 5.41) is 3.52. The van der Waals surface area contributed by atoms with E-state index in [4.69, 9.17) is 0 Å². The van der Waals surface area contributed by atoms with Crippen LogP contribution in [0, 0.1) is 5.41 Å². The fraction of sp³-hybridized carbons (Fsp3) is 0.667. The van der Waals surface area contributed by atoms with Gasteiger partial charge in [0.1, 0.15) is 0 Å². The van der Waals surface area contributed by atoms with Crippen LogP contribution in [-0.2, 0) is 0 Å². The number of aromatic nitrogens is 1. The highest BCUT2D eigenvalue weighted by Gasteiger charge is 2.37. The summed E-state index contributed by atoms with van der Waals surface area (Å²) in [6, 6.07) is 4.25. The molecule has 0 aromatic carbocycles. The number of anilines is 1. The van der Waals surface area contributed by atoms with Gasteiger partial charge < -0.3 is 10.2 Å². The summed E-state index contributed by atoms with van der Waals surface area (Å²) < 4.78 is 0. The van der Waals surface area contributed by atoms with E-state index in [1.54, 1.807) is 0 Å². The van der Waals surface area contributed by atoms with Crippen molar-refractivity contribution < 1.29 is 0 Å². The third-order valence-electron chi connectivity index (χ3n) is 4.02. The maximum Gasteiger partial charge on any atom is 0.0397 e. The van der Waals surface area contributed by atoms with Crippen molar-refractivity contribution in [2.75, 3.05) is 31.1 Å². The number of hydrogen-bond donors (Lipinski definition) is 1. The summed E-state index contributed by atoms with van der Waals surface area (Å²) in [4.78, 5) is 6.62. The average molecular weight is 247 g/mol. The van der Waals surface area contributed by atoms with Crippen LogP contribution in [0.5, 0.6) is 0 Å².